The second kappa shape index (κ2) is 8.98. The first-order chi connectivity index (χ1) is 15.3. The molecule has 3 aromatic rings. The van der Waals surface area contributed by atoms with E-state index in [1.807, 2.05) is 11.8 Å². The third-order valence-corrected chi connectivity index (χ3v) is 6.65. The summed E-state index contributed by atoms with van der Waals surface area (Å²) in [6.45, 7) is 3.56. The van der Waals surface area contributed by atoms with Gasteiger partial charge in [0.2, 0.25) is 0 Å². The predicted octanol–water partition coefficient (Wildman–Crippen LogP) is 2.95. The molecule has 0 amide bonds. The summed E-state index contributed by atoms with van der Waals surface area (Å²) in [6.07, 6.45) is 0. The van der Waals surface area contributed by atoms with Crippen LogP contribution in [0.15, 0.2) is 45.8 Å². The van der Waals surface area contributed by atoms with Crippen LogP contribution in [0.2, 0.25) is 0 Å². The number of aromatic nitrogens is 2. The molecule has 3 heterocycles. The molecule has 0 aliphatic carbocycles. The van der Waals surface area contributed by atoms with Crippen molar-refractivity contribution in [3.05, 3.63) is 68.3 Å². The summed E-state index contributed by atoms with van der Waals surface area (Å²) >= 11 is 3.39. The van der Waals surface area contributed by atoms with Gasteiger partial charge in [0.15, 0.2) is 0 Å². The highest BCUT2D eigenvalue weighted by Crippen LogP contribution is 2.33. The summed E-state index contributed by atoms with van der Waals surface area (Å²) in [7, 11) is 1.62. The highest BCUT2D eigenvalue weighted by molar-refractivity contribution is 9.10. The van der Waals surface area contributed by atoms with Crippen LogP contribution in [0.5, 0.6) is 0 Å². The van der Waals surface area contributed by atoms with Gasteiger partial charge in [0.25, 0.3) is 5.56 Å². The van der Waals surface area contributed by atoms with Gasteiger partial charge >= 0.3 is 0 Å². The number of hydrogen-bond acceptors (Lipinski definition) is 6. The quantitative estimate of drug-likeness (QED) is 0.555. The largest absolute Gasteiger partial charge is 0.394 e. The molecular weight excluding hydrogens is 477 g/mol. The Labute approximate surface area is 193 Å². The molecule has 9 heteroatoms. The molecule has 166 valence electrons. The van der Waals surface area contributed by atoms with Crippen LogP contribution in [0.4, 0.5) is 10.1 Å². The average molecular weight is 500 g/mol. The number of hydrogen-bond donors (Lipinski definition) is 1. The molecule has 1 fully saturated rings. The number of nitriles is 1. The minimum absolute atomic E-state index is 0.0177. The molecule has 7 nitrogen and oxygen atoms in total. The van der Waals surface area contributed by atoms with Crippen LogP contribution >= 0.6 is 15.9 Å². The van der Waals surface area contributed by atoms with Crippen LogP contribution < -0.4 is 10.5 Å². The van der Waals surface area contributed by atoms with Gasteiger partial charge in [0.05, 0.1) is 23.9 Å². The number of fused-ring (bicyclic) bond motifs is 1. The van der Waals surface area contributed by atoms with Gasteiger partial charge in [0, 0.05) is 32.7 Å². The maximum atomic E-state index is 13.3. The number of aliphatic hydroxyl groups is 1. The van der Waals surface area contributed by atoms with E-state index in [0.717, 1.165) is 5.56 Å². The minimum Gasteiger partial charge on any atom is -0.394 e. The molecule has 2 aromatic heterocycles. The van der Waals surface area contributed by atoms with Gasteiger partial charge in [-0.2, -0.15) is 5.26 Å². The van der Waals surface area contributed by atoms with Crippen molar-refractivity contribution in [2.45, 2.75) is 19.0 Å². The molecule has 4 rings (SSSR count). The summed E-state index contributed by atoms with van der Waals surface area (Å²) in [6, 6.07) is 11.7. The van der Waals surface area contributed by atoms with E-state index in [1.165, 1.54) is 16.7 Å². The van der Waals surface area contributed by atoms with E-state index in [-0.39, 0.29) is 30.1 Å². The summed E-state index contributed by atoms with van der Waals surface area (Å²) in [4.78, 5) is 21.6. The van der Waals surface area contributed by atoms with Crippen molar-refractivity contribution in [3.63, 3.8) is 0 Å². The standard InChI is InChI=1S/C23H23BrFN5O2/c1-14(15-3-5-16(25)6-4-15)29-9-10-30(17(12-29)13-31)22-18(11-26)23(32)28(2)19-7-8-20(24)27-21(19)22/h3-8,14,17,31H,9-10,12-13H2,1-2H3. The molecule has 1 aliphatic rings. The van der Waals surface area contributed by atoms with Gasteiger partial charge in [-0.15, -0.1) is 0 Å². The predicted molar refractivity (Wildman–Crippen MR) is 124 cm³/mol. The average Bonchev–Trinajstić information content (AvgIpc) is 2.80. The van der Waals surface area contributed by atoms with Crippen molar-refractivity contribution in [2.75, 3.05) is 31.1 Å². The zero-order chi connectivity index (χ0) is 23.0. The molecule has 2 atom stereocenters. The maximum Gasteiger partial charge on any atom is 0.270 e. The molecule has 32 heavy (non-hydrogen) atoms. The topological polar surface area (TPSA) is 85.4 Å². The first-order valence-electron chi connectivity index (χ1n) is 10.3. The van der Waals surface area contributed by atoms with Gasteiger partial charge in [-0.1, -0.05) is 12.1 Å². The van der Waals surface area contributed by atoms with Gasteiger partial charge in [0.1, 0.15) is 27.6 Å². The lowest BCUT2D eigenvalue weighted by Gasteiger charge is -2.44. The van der Waals surface area contributed by atoms with Gasteiger partial charge in [-0.25, -0.2) is 9.37 Å². The molecule has 1 aliphatic heterocycles. The van der Waals surface area contributed by atoms with E-state index < -0.39 is 5.56 Å². The Morgan fingerprint density at radius 2 is 2.00 bits per heavy atom. The van der Waals surface area contributed by atoms with Crippen LogP contribution in [0.25, 0.3) is 11.0 Å². The second-order valence-electron chi connectivity index (χ2n) is 7.95. The fraction of sp³-hybridized carbons (Fsp3) is 0.348. The molecular formula is C23H23BrFN5O2. The number of aryl methyl sites for hydroxylation is 1. The van der Waals surface area contributed by atoms with Crippen molar-refractivity contribution in [3.8, 4) is 6.07 Å². The number of aliphatic hydroxyl groups excluding tert-OH is 1. The Balaban J connectivity index is 1.74. The summed E-state index contributed by atoms with van der Waals surface area (Å²) < 4.78 is 15.3. The van der Waals surface area contributed by atoms with Crippen LogP contribution in [-0.2, 0) is 7.05 Å². The van der Waals surface area contributed by atoms with Crippen LogP contribution in [0, 0.1) is 17.1 Å². The van der Waals surface area contributed by atoms with E-state index in [1.54, 1.807) is 31.3 Å². The second-order valence-corrected chi connectivity index (χ2v) is 8.77. The summed E-state index contributed by atoms with van der Waals surface area (Å²) in [5.74, 6) is -0.278. The van der Waals surface area contributed by atoms with Crippen LogP contribution in [-0.4, -0.2) is 51.8 Å². The summed E-state index contributed by atoms with van der Waals surface area (Å²) in [5.41, 5.74) is 2.23. The SMILES string of the molecule is CC(c1ccc(F)cc1)N1CCN(c2c(C#N)c(=O)n(C)c3ccc(Br)nc23)C(CO)C1. The number of halogens is 2. The lowest BCUT2D eigenvalue weighted by atomic mass is 10.0. The van der Waals surface area contributed by atoms with E-state index in [4.69, 9.17) is 0 Å². The smallest absolute Gasteiger partial charge is 0.270 e. The fourth-order valence-corrected chi connectivity index (χ4v) is 4.69. The van der Waals surface area contributed by atoms with Crippen molar-refractivity contribution in [1.82, 2.24) is 14.5 Å². The highest BCUT2D eigenvalue weighted by atomic mass is 79.9. The maximum absolute atomic E-state index is 13.3. The monoisotopic (exact) mass is 499 g/mol. The van der Waals surface area contributed by atoms with Gasteiger partial charge in [-0.3, -0.25) is 9.69 Å². The van der Waals surface area contributed by atoms with Crippen molar-refractivity contribution in [1.29, 1.82) is 5.26 Å². The Morgan fingerprint density at radius 3 is 2.66 bits per heavy atom. The Hall–Kier alpha value is -2.80. The number of piperazine rings is 1. The number of pyridine rings is 2. The lowest BCUT2D eigenvalue weighted by Crippen LogP contribution is -2.56. The van der Waals surface area contributed by atoms with Crippen molar-refractivity contribution in [2.24, 2.45) is 7.05 Å². The normalized spacial score (nSPS) is 18.0. The Morgan fingerprint density at radius 1 is 1.28 bits per heavy atom. The fourth-order valence-electron chi connectivity index (χ4n) is 4.38. The van der Waals surface area contributed by atoms with Crippen LogP contribution in [0.3, 0.4) is 0 Å². The molecule has 0 saturated carbocycles. The zero-order valence-electron chi connectivity index (χ0n) is 17.8. The van der Waals surface area contributed by atoms with Gasteiger partial charge in [-0.05, 0) is 52.7 Å². The minimum atomic E-state index is -0.391. The molecule has 1 N–H and O–H groups in total. The first kappa shape index (κ1) is 22.4. The Bertz CT molecular complexity index is 1250. The Kier molecular flexibility index (Phi) is 6.29. The molecule has 0 radical (unpaired) electrons. The van der Waals surface area contributed by atoms with Crippen molar-refractivity contribution < 1.29 is 9.50 Å². The van der Waals surface area contributed by atoms with E-state index >= 15 is 0 Å². The van der Waals surface area contributed by atoms with E-state index in [2.05, 4.69) is 31.9 Å². The molecule has 2 unspecified atom stereocenters. The molecule has 0 spiro atoms. The number of anilines is 1. The number of rotatable bonds is 4. The van der Waals surface area contributed by atoms with Gasteiger partial charge < -0.3 is 14.6 Å². The molecule has 0 bridgehead atoms. The first-order valence-corrected chi connectivity index (χ1v) is 11.1. The third kappa shape index (κ3) is 3.90. The molecule has 1 aromatic carbocycles. The van der Waals surface area contributed by atoms with Crippen LogP contribution in [0.1, 0.15) is 24.1 Å². The highest BCUT2D eigenvalue weighted by Gasteiger charge is 2.33. The number of benzene rings is 1. The lowest BCUT2D eigenvalue weighted by molar-refractivity contribution is 0.137. The molecule has 1 saturated heterocycles. The summed E-state index contributed by atoms with van der Waals surface area (Å²) in [5, 5.41) is 20.0. The zero-order valence-corrected chi connectivity index (χ0v) is 19.4. The van der Waals surface area contributed by atoms with E-state index in [0.29, 0.717) is 41.0 Å². The van der Waals surface area contributed by atoms with E-state index in [9.17, 15) is 19.6 Å². The number of nitrogens with zero attached hydrogens (tertiary/aromatic N) is 5. The third-order valence-electron chi connectivity index (χ3n) is 6.20. The van der Waals surface area contributed by atoms with Crippen molar-refractivity contribution >= 4 is 32.7 Å².